The van der Waals surface area contributed by atoms with Crippen molar-refractivity contribution in [2.75, 3.05) is 11.1 Å². The molecule has 1 amide bonds. The number of carboxylic acids is 1. The van der Waals surface area contributed by atoms with E-state index in [0.717, 1.165) is 22.5 Å². The van der Waals surface area contributed by atoms with Gasteiger partial charge in [-0.05, 0) is 38.5 Å². The molecule has 1 unspecified atom stereocenters. The quantitative estimate of drug-likeness (QED) is 0.792. The van der Waals surface area contributed by atoms with E-state index in [9.17, 15) is 9.59 Å². The number of carbonyl (C=O) groups is 2. The van der Waals surface area contributed by atoms with E-state index in [4.69, 9.17) is 5.11 Å². The van der Waals surface area contributed by atoms with Crippen LogP contribution in [0.3, 0.4) is 0 Å². The number of nitrogens with one attached hydrogen (secondary N) is 1. The maximum Gasteiger partial charge on any atom is 0.313 e. The number of anilines is 1. The van der Waals surface area contributed by atoms with Gasteiger partial charge in [0.05, 0.1) is 17.4 Å². The van der Waals surface area contributed by atoms with Gasteiger partial charge < -0.3 is 10.4 Å². The molecule has 2 N–H and O–H groups in total. The van der Waals surface area contributed by atoms with Crippen LogP contribution < -0.4 is 5.32 Å². The molecule has 1 aromatic carbocycles. The number of aromatic nitrogens is 2. The molecule has 1 heterocycles. The van der Waals surface area contributed by atoms with Gasteiger partial charge in [0.15, 0.2) is 0 Å². The van der Waals surface area contributed by atoms with Gasteiger partial charge in [-0.25, -0.2) is 0 Å². The number of carbonyl (C=O) groups excluding carboxylic acids is 1. The van der Waals surface area contributed by atoms with E-state index in [-0.39, 0.29) is 17.6 Å². The Morgan fingerprint density at radius 1 is 1.36 bits per heavy atom. The van der Waals surface area contributed by atoms with Gasteiger partial charge in [-0.15, -0.1) is 11.8 Å². The van der Waals surface area contributed by atoms with Crippen molar-refractivity contribution in [3.05, 3.63) is 46.8 Å². The standard InChI is InChI=1S/C18H23N3O3S/c1-11(17-12(2)20-21(4)13(17)3)18(24)19-15-7-5-6-14(8-15)9-25-10-16(22)23/h5-8,11H,9-10H2,1-4H3,(H,19,24)(H,22,23). The molecule has 7 heteroatoms. The topological polar surface area (TPSA) is 84.2 Å². The summed E-state index contributed by atoms with van der Waals surface area (Å²) in [6, 6.07) is 7.49. The second-order valence-corrected chi connectivity index (χ2v) is 6.99. The SMILES string of the molecule is Cc1nn(C)c(C)c1C(C)C(=O)Nc1cccc(CSCC(=O)O)c1. The Hall–Kier alpha value is -2.28. The van der Waals surface area contributed by atoms with Gasteiger partial charge in [-0.2, -0.15) is 5.10 Å². The number of hydrogen-bond acceptors (Lipinski definition) is 4. The lowest BCUT2D eigenvalue weighted by Gasteiger charge is -2.14. The predicted octanol–water partition coefficient (Wildman–Crippen LogP) is 3.10. The molecular weight excluding hydrogens is 338 g/mol. The highest BCUT2D eigenvalue weighted by molar-refractivity contribution is 7.99. The number of amides is 1. The predicted molar refractivity (Wildman–Crippen MR) is 100.0 cm³/mol. The van der Waals surface area contributed by atoms with Crippen LogP contribution in [0.4, 0.5) is 5.69 Å². The number of carboxylic acid groups (broad SMARTS) is 1. The third-order valence-electron chi connectivity index (χ3n) is 4.08. The largest absolute Gasteiger partial charge is 0.481 e. The summed E-state index contributed by atoms with van der Waals surface area (Å²) >= 11 is 1.33. The van der Waals surface area contributed by atoms with Crippen LogP contribution in [-0.2, 0) is 22.4 Å². The average molecular weight is 361 g/mol. The van der Waals surface area contributed by atoms with E-state index in [1.54, 1.807) is 4.68 Å². The van der Waals surface area contributed by atoms with Crippen LogP contribution >= 0.6 is 11.8 Å². The van der Waals surface area contributed by atoms with Crippen molar-refractivity contribution < 1.29 is 14.7 Å². The molecule has 2 aromatic rings. The molecule has 0 aliphatic heterocycles. The van der Waals surface area contributed by atoms with E-state index in [1.165, 1.54) is 11.8 Å². The fourth-order valence-electron chi connectivity index (χ4n) is 2.79. The molecule has 25 heavy (non-hydrogen) atoms. The lowest BCUT2D eigenvalue weighted by molar-refractivity contribution is -0.133. The van der Waals surface area contributed by atoms with Gasteiger partial charge in [-0.3, -0.25) is 14.3 Å². The zero-order chi connectivity index (χ0) is 18.6. The van der Waals surface area contributed by atoms with Gasteiger partial charge in [0.2, 0.25) is 5.91 Å². The van der Waals surface area contributed by atoms with Crippen molar-refractivity contribution in [3.63, 3.8) is 0 Å². The maximum absolute atomic E-state index is 12.6. The van der Waals surface area contributed by atoms with Crippen LogP contribution in [-0.4, -0.2) is 32.5 Å². The number of hydrogen-bond donors (Lipinski definition) is 2. The lowest BCUT2D eigenvalue weighted by atomic mass is 9.98. The molecule has 0 aliphatic carbocycles. The number of aryl methyl sites for hydroxylation is 2. The monoisotopic (exact) mass is 361 g/mol. The van der Waals surface area contributed by atoms with Gasteiger partial charge >= 0.3 is 5.97 Å². The smallest absolute Gasteiger partial charge is 0.313 e. The fraction of sp³-hybridized carbons (Fsp3) is 0.389. The molecule has 6 nitrogen and oxygen atoms in total. The minimum atomic E-state index is -0.828. The highest BCUT2D eigenvalue weighted by atomic mass is 32.2. The van der Waals surface area contributed by atoms with Crippen molar-refractivity contribution >= 4 is 29.3 Å². The Bertz CT molecular complexity index is 786. The Morgan fingerprint density at radius 3 is 2.68 bits per heavy atom. The summed E-state index contributed by atoms with van der Waals surface area (Å²) in [7, 11) is 1.87. The molecule has 0 aliphatic rings. The van der Waals surface area contributed by atoms with Gasteiger partial charge in [0.25, 0.3) is 0 Å². The Balaban J connectivity index is 2.06. The highest BCUT2D eigenvalue weighted by Gasteiger charge is 2.22. The van der Waals surface area contributed by atoms with Crippen molar-refractivity contribution in [1.29, 1.82) is 0 Å². The number of benzene rings is 1. The fourth-order valence-corrected chi connectivity index (χ4v) is 3.49. The van der Waals surface area contributed by atoms with Crippen LogP contribution in [0, 0.1) is 13.8 Å². The summed E-state index contributed by atoms with van der Waals surface area (Å²) < 4.78 is 1.79. The molecule has 134 valence electrons. The molecule has 0 bridgehead atoms. The van der Waals surface area contributed by atoms with E-state index in [2.05, 4.69) is 10.4 Å². The second kappa shape index (κ2) is 8.20. The summed E-state index contributed by atoms with van der Waals surface area (Å²) in [5.41, 5.74) is 4.49. The summed E-state index contributed by atoms with van der Waals surface area (Å²) in [4.78, 5) is 23.2. The number of rotatable bonds is 7. The minimum Gasteiger partial charge on any atom is -0.481 e. The molecule has 2 rings (SSSR count). The van der Waals surface area contributed by atoms with Crippen molar-refractivity contribution in [3.8, 4) is 0 Å². The zero-order valence-electron chi connectivity index (χ0n) is 14.9. The maximum atomic E-state index is 12.6. The molecule has 0 saturated heterocycles. The van der Waals surface area contributed by atoms with Crippen molar-refractivity contribution in [2.24, 2.45) is 7.05 Å². The summed E-state index contributed by atoms with van der Waals surface area (Å²) in [5, 5.41) is 16.0. The van der Waals surface area contributed by atoms with E-state index in [0.29, 0.717) is 11.4 Å². The Kier molecular flexibility index (Phi) is 6.25. The zero-order valence-corrected chi connectivity index (χ0v) is 15.7. The van der Waals surface area contributed by atoms with E-state index >= 15 is 0 Å². The van der Waals surface area contributed by atoms with Crippen LogP contribution in [0.15, 0.2) is 24.3 Å². The van der Waals surface area contributed by atoms with Gasteiger partial charge in [0, 0.05) is 29.7 Å². The molecule has 1 atom stereocenters. The summed E-state index contributed by atoms with van der Waals surface area (Å²) in [6.45, 7) is 5.74. The second-order valence-electron chi connectivity index (χ2n) is 6.01. The number of thioether (sulfide) groups is 1. The first-order valence-corrected chi connectivity index (χ1v) is 9.14. The molecule has 1 aromatic heterocycles. The normalized spacial score (nSPS) is 12.0. The van der Waals surface area contributed by atoms with Crippen molar-refractivity contribution in [1.82, 2.24) is 9.78 Å². The molecule has 0 saturated carbocycles. The van der Waals surface area contributed by atoms with E-state index < -0.39 is 5.97 Å². The Labute approximate surface area is 151 Å². The summed E-state index contributed by atoms with van der Waals surface area (Å²) in [6.07, 6.45) is 0. The van der Waals surface area contributed by atoms with Gasteiger partial charge in [0.1, 0.15) is 0 Å². The Morgan fingerprint density at radius 2 is 2.08 bits per heavy atom. The molecule has 0 radical (unpaired) electrons. The van der Waals surface area contributed by atoms with Crippen LogP contribution in [0.2, 0.25) is 0 Å². The van der Waals surface area contributed by atoms with Crippen LogP contribution in [0.5, 0.6) is 0 Å². The number of nitrogens with zero attached hydrogens (tertiary/aromatic N) is 2. The molecule has 0 spiro atoms. The first kappa shape index (κ1) is 19.1. The van der Waals surface area contributed by atoms with Crippen LogP contribution in [0.1, 0.15) is 35.4 Å². The third-order valence-corrected chi connectivity index (χ3v) is 5.07. The highest BCUT2D eigenvalue weighted by Crippen LogP contribution is 2.25. The number of aliphatic carboxylic acids is 1. The average Bonchev–Trinajstić information content (AvgIpc) is 2.79. The first-order chi connectivity index (χ1) is 11.8. The third kappa shape index (κ3) is 4.85. The van der Waals surface area contributed by atoms with E-state index in [1.807, 2.05) is 52.1 Å². The molecular formula is C18H23N3O3S. The molecule has 0 fully saturated rings. The van der Waals surface area contributed by atoms with Crippen molar-refractivity contribution in [2.45, 2.75) is 32.4 Å². The lowest BCUT2D eigenvalue weighted by Crippen LogP contribution is -2.20. The first-order valence-electron chi connectivity index (χ1n) is 7.99. The van der Waals surface area contributed by atoms with Crippen LogP contribution in [0.25, 0.3) is 0 Å². The van der Waals surface area contributed by atoms with Gasteiger partial charge in [-0.1, -0.05) is 12.1 Å². The minimum absolute atomic E-state index is 0.0627. The summed E-state index contributed by atoms with van der Waals surface area (Å²) in [5.74, 6) is -0.571.